The van der Waals surface area contributed by atoms with Gasteiger partial charge in [-0.3, -0.25) is 14.6 Å². The summed E-state index contributed by atoms with van der Waals surface area (Å²) in [4.78, 5) is 29.6. The number of hydrogen-bond donors (Lipinski definition) is 1. The molecule has 7 heteroatoms. The van der Waals surface area contributed by atoms with E-state index in [4.69, 9.17) is 4.74 Å². The maximum Gasteiger partial charge on any atom is 0.274 e. The fraction of sp³-hybridized carbons (Fsp3) is 0.200. The molecule has 1 N–H and O–H groups in total. The highest BCUT2D eigenvalue weighted by Crippen LogP contribution is 2.20. The lowest BCUT2D eigenvalue weighted by Crippen LogP contribution is -2.31. The molecule has 2 heterocycles. The van der Waals surface area contributed by atoms with Crippen molar-refractivity contribution in [1.82, 2.24) is 20.1 Å². The first-order valence-corrected chi connectivity index (χ1v) is 10.5. The first-order chi connectivity index (χ1) is 15.6. The first kappa shape index (κ1) is 21.2. The molecule has 0 saturated carbocycles. The molecule has 2 aromatic heterocycles. The summed E-state index contributed by atoms with van der Waals surface area (Å²) in [6, 6.07) is 18.2. The molecular weight excluding hydrogens is 404 g/mol. The fourth-order valence-corrected chi connectivity index (χ4v) is 3.47. The molecule has 0 aliphatic carbocycles. The van der Waals surface area contributed by atoms with E-state index in [-0.39, 0.29) is 23.2 Å². The highest BCUT2D eigenvalue weighted by atomic mass is 16.5. The Kier molecular flexibility index (Phi) is 6.26. The summed E-state index contributed by atoms with van der Waals surface area (Å²) in [6.45, 7) is 4.55. The number of nitrogens with zero attached hydrogens (tertiary/aromatic N) is 3. The van der Waals surface area contributed by atoms with Gasteiger partial charge in [-0.05, 0) is 43.7 Å². The molecule has 1 unspecified atom stereocenters. The number of aryl methyl sites for hydroxylation is 1. The molecular formula is C25H24N4O3. The maximum absolute atomic E-state index is 13.0. The van der Waals surface area contributed by atoms with Crippen molar-refractivity contribution >= 4 is 16.7 Å². The van der Waals surface area contributed by atoms with Crippen LogP contribution in [-0.2, 0) is 13.2 Å². The Balaban J connectivity index is 1.48. The van der Waals surface area contributed by atoms with Gasteiger partial charge in [0.05, 0.1) is 11.4 Å². The summed E-state index contributed by atoms with van der Waals surface area (Å²) < 4.78 is 7.11. The van der Waals surface area contributed by atoms with E-state index in [9.17, 15) is 9.59 Å². The first-order valence-electron chi connectivity index (χ1n) is 10.5. The molecule has 4 rings (SSSR count). The molecule has 0 fully saturated rings. The molecule has 2 aromatic carbocycles. The van der Waals surface area contributed by atoms with Gasteiger partial charge in [0.2, 0.25) is 0 Å². The van der Waals surface area contributed by atoms with Crippen LogP contribution in [0, 0.1) is 0 Å². The predicted octanol–water partition coefficient (Wildman–Crippen LogP) is 3.88. The zero-order valence-electron chi connectivity index (χ0n) is 18.0. The highest BCUT2D eigenvalue weighted by Gasteiger charge is 2.18. The molecule has 0 radical (unpaired) electrons. The van der Waals surface area contributed by atoms with Crippen LogP contribution in [0.25, 0.3) is 10.8 Å². The number of fused-ring (bicyclic) bond motifs is 1. The van der Waals surface area contributed by atoms with Crippen LogP contribution in [0.4, 0.5) is 0 Å². The Morgan fingerprint density at radius 1 is 1.06 bits per heavy atom. The van der Waals surface area contributed by atoms with Crippen LogP contribution >= 0.6 is 0 Å². The highest BCUT2D eigenvalue weighted by molar-refractivity contribution is 6.04. The van der Waals surface area contributed by atoms with Crippen molar-refractivity contribution < 1.29 is 9.53 Å². The molecule has 0 aliphatic rings. The fourth-order valence-electron chi connectivity index (χ4n) is 3.47. The molecule has 0 bridgehead atoms. The van der Waals surface area contributed by atoms with E-state index in [0.29, 0.717) is 23.9 Å². The third-order valence-corrected chi connectivity index (χ3v) is 5.24. The number of carbonyl (C=O) groups is 1. The number of pyridine rings is 1. The standard InChI is InChI=1S/C25H24N4O3/c1-3-29-25(31)22-9-5-4-8-21(22)23(28-29)24(30)27-17(2)19-10-12-20(13-11-19)32-16-18-7-6-14-26-15-18/h4-15,17H,3,16H2,1-2H3,(H,27,30). The van der Waals surface area contributed by atoms with Gasteiger partial charge in [0.15, 0.2) is 5.69 Å². The Labute approximate surface area is 185 Å². The number of ether oxygens (including phenoxy) is 1. The molecule has 0 aliphatic heterocycles. The minimum absolute atomic E-state index is 0.199. The van der Waals surface area contributed by atoms with Gasteiger partial charge in [0, 0.05) is 29.9 Å². The number of aromatic nitrogens is 3. The van der Waals surface area contributed by atoms with Gasteiger partial charge >= 0.3 is 0 Å². The van der Waals surface area contributed by atoms with E-state index in [1.807, 2.05) is 50.2 Å². The van der Waals surface area contributed by atoms with Crippen LogP contribution < -0.4 is 15.6 Å². The third kappa shape index (κ3) is 4.51. The van der Waals surface area contributed by atoms with E-state index in [1.54, 1.807) is 36.7 Å². The van der Waals surface area contributed by atoms with Gasteiger partial charge in [-0.1, -0.05) is 36.4 Å². The van der Waals surface area contributed by atoms with Crippen LogP contribution in [0.15, 0.2) is 77.9 Å². The van der Waals surface area contributed by atoms with E-state index in [0.717, 1.165) is 16.9 Å². The quantitative estimate of drug-likeness (QED) is 0.483. The number of amides is 1. The molecule has 7 nitrogen and oxygen atoms in total. The van der Waals surface area contributed by atoms with Crippen molar-refractivity contribution in [2.45, 2.75) is 33.0 Å². The second-order valence-corrected chi connectivity index (χ2v) is 7.43. The topological polar surface area (TPSA) is 86.1 Å². The lowest BCUT2D eigenvalue weighted by molar-refractivity contribution is 0.0934. The molecule has 32 heavy (non-hydrogen) atoms. The van der Waals surface area contributed by atoms with Crippen molar-refractivity contribution in [3.05, 3.63) is 100 Å². The smallest absolute Gasteiger partial charge is 0.274 e. The van der Waals surface area contributed by atoms with Crippen molar-refractivity contribution in [3.63, 3.8) is 0 Å². The van der Waals surface area contributed by atoms with Gasteiger partial charge in [-0.2, -0.15) is 5.10 Å². The third-order valence-electron chi connectivity index (χ3n) is 5.24. The Hall–Kier alpha value is -4.00. The molecule has 1 amide bonds. The number of rotatable bonds is 7. The van der Waals surface area contributed by atoms with Crippen LogP contribution in [0.3, 0.4) is 0 Å². The van der Waals surface area contributed by atoms with Gasteiger partial charge < -0.3 is 10.1 Å². The van der Waals surface area contributed by atoms with Crippen molar-refractivity contribution in [1.29, 1.82) is 0 Å². The van der Waals surface area contributed by atoms with Crippen molar-refractivity contribution in [2.24, 2.45) is 0 Å². The Bertz CT molecular complexity index is 1280. The minimum atomic E-state index is -0.326. The summed E-state index contributed by atoms with van der Waals surface area (Å²) in [6.07, 6.45) is 3.49. The summed E-state index contributed by atoms with van der Waals surface area (Å²) in [5.74, 6) is 0.409. The number of benzene rings is 2. The second kappa shape index (κ2) is 9.43. The van der Waals surface area contributed by atoms with Crippen molar-refractivity contribution in [2.75, 3.05) is 0 Å². The molecule has 1 atom stereocenters. The minimum Gasteiger partial charge on any atom is -0.489 e. The van der Waals surface area contributed by atoms with Gasteiger partial charge in [0.25, 0.3) is 11.5 Å². The Morgan fingerprint density at radius 2 is 1.81 bits per heavy atom. The zero-order valence-corrected chi connectivity index (χ0v) is 18.0. The second-order valence-electron chi connectivity index (χ2n) is 7.43. The number of carbonyl (C=O) groups excluding carboxylic acids is 1. The van der Waals surface area contributed by atoms with E-state index < -0.39 is 0 Å². The monoisotopic (exact) mass is 428 g/mol. The van der Waals surface area contributed by atoms with Crippen LogP contribution in [0.1, 0.15) is 41.5 Å². The zero-order chi connectivity index (χ0) is 22.5. The number of hydrogen-bond acceptors (Lipinski definition) is 5. The van der Waals surface area contributed by atoms with E-state index >= 15 is 0 Å². The van der Waals surface area contributed by atoms with Crippen molar-refractivity contribution in [3.8, 4) is 5.75 Å². The van der Waals surface area contributed by atoms with Gasteiger partial charge in [0.1, 0.15) is 12.4 Å². The number of nitrogens with one attached hydrogen (secondary N) is 1. The van der Waals surface area contributed by atoms with Gasteiger partial charge in [-0.25, -0.2) is 4.68 Å². The largest absolute Gasteiger partial charge is 0.489 e. The summed E-state index contributed by atoms with van der Waals surface area (Å²) in [7, 11) is 0. The summed E-state index contributed by atoms with van der Waals surface area (Å²) in [5, 5.41) is 8.32. The average molecular weight is 428 g/mol. The lowest BCUT2D eigenvalue weighted by Gasteiger charge is -2.16. The average Bonchev–Trinajstić information content (AvgIpc) is 2.84. The Morgan fingerprint density at radius 3 is 2.50 bits per heavy atom. The lowest BCUT2D eigenvalue weighted by atomic mass is 10.1. The maximum atomic E-state index is 13.0. The van der Waals surface area contributed by atoms with Gasteiger partial charge in [-0.15, -0.1) is 0 Å². The van der Waals surface area contributed by atoms with Crippen LogP contribution in [0.2, 0.25) is 0 Å². The normalized spacial score (nSPS) is 11.8. The molecule has 0 saturated heterocycles. The summed E-state index contributed by atoms with van der Waals surface area (Å²) >= 11 is 0. The van der Waals surface area contributed by atoms with E-state index in [2.05, 4.69) is 15.4 Å². The van der Waals surface area contributed by atoms with E-state index in [1.165, 1.54) is 4.68 Å². The SMILES string of the molecule is CCn1nc(C(=O)NC(C)c2ccc(OCc3cccnc3)cc2)c2ccccc2c1=O. The molecule has 162 valence electrons. The summed E-state index contributed by atoms with van der Waals surface area (Å²) in [5.41, 5.74) is 1.96. The molecule has 0 spiro atoms. The predicted molar refractivity (Wildman–Crippen MR) is 123 cm³/mol. The van der Waals surface area contributed by atoms with Crippen LogP contribution in [0.5, 0.6) is 5.75 Å². The van der Waals surface area contributed by atoms with Crippen LogP contribution in [-0.4, -0.2) is 20.7 Å². The molecule has 4 aromatic rings.